The van der Waals surface area contributed by atoms with E-state index in [1.807, 2.05) is 0 Å². The van der Waals surface area contributed by atoms with Crippen molar-refractivity contribution in [1.29, 1.82) is 0 Å². The molecule has 1 aromatic carbocycles. The van der Waals surface area contributed by atoms with E-state index in [0.29, 0.717) is 13.4 Å². The Morgan fingerprint density at radius 2 is 1.36 bits per heavy atom. The second-order valence-electron chi connectivity index (χ2n) is 2.45. The van der Waals surface area contributed by atoms with Crippen molar-refractivity contribution in [2.24, 2.45) is 0 Å². The number of carboxylic acid groups (broad SMARTS) is 1. The molecule has 0 aromatic heterocycles. The van der Waals surface area contributed by atoms with Crippen molar-refractivity contribution < 1.29 is 9.90 Å². The summed E-state index contributed by atoms with van der Waals surface area (Å²) in [6.07, 6.45) is 0. The smallest absolute Gasteiger partial charge is 0.338 e. The highest BCUT2D eigenvalue weighted by Crippen LogP contribution is 2.42. The van der Waals surface area contributed by atoms with Gasteiger partial charge >= 0.3 is 5.97 Å². The lowest BCUT2D eigenvalue weighted by Gasteiger charge is -2.11. The van der Waals surface area contributed by atoms with Gasteiger partial charge in [0.1, 0.15) is 0 Å². The molecule has 7 heteroatoms. The highest BCUT2D eigenvalue weighted by Gasteiger charge is 2.21. The van der Waals surface area contributed by atoms with Crippen LogP contribution in [0.2, 0.25) is 0 Å². The molecule has 5 N–H and O–H groups in total. The number of hydrogen-bond donors (Lipinski definition) is 3. The molecule has 0 aliphatic rings. The van der Waals surface area contributed by atoms with Gasteiger partial charge in [0.25, 0.3) is 0 Å². The lowest BCUT2D eigenvalue weighted by molar-refractivity contribution is 0.0695. The summed E-state index contributed by atoms with van der Waals surface area (Å²) in [6.45, 7) is 0. The molecule has 4 nitrogen and oxygen atoms in total. The standard InChI is InChI=1S/C7H5Br3N2O2/c8-2-1(7(13)14)3(9)6(12)4(10)5(2)11/h11-12H2,(H,13,14). The van der Waals surface area contributed by atoms with Crippen LogP contribution in [0.25, 0.3) is 0 Å². The van der Waals surface area contributed by atoms with Crippen LogP contribution in [-0.4, -0.2) is 11.1 Å². The maximum Gasteiger partial charge on any atom is 0.338 e. The minimum atomic E-state index is -1.10. The van der Waals surface area contributed by atoms with Crippen LogP contribution in [0.15, 0.2) is 13.4 Å². The lowest BCUT2D eigenvalue weighted by atomic mass is 10.2. The van der Waals surface area contributed by atoms with E-state index in [1.54, 1.807) is 0 Å². The van der Waals surface area contributed by atoms with Gasteiger partial charge in [-0.3, -0.25) is 0 Å². The predicted molar refractivity (Wildman–Crippen MR) is 65.3 cm³/mol. The summed E-state index contributed by atoms with van der Waals surface area (Å²) in [4.78, 5) is 10.9. The molecule has 0 saturated carbocycles. The van der Waals surface area contributed by atoms with Gasteiger partial charge < -0.3 is 16.6 Å². The van der Waals surface area contributed by atoms with Crippen LogP contribution in [0.5, 0.6) is 0 Å². The highest BCUT2D eigenvalue weighted by molar-refractivity contribution is 9.12. The number of anilines is 2. The van der Waals surface area contributed by atoms with Gasteiger partial charge in [0, 0.05) is 0 Å². The van der Waals surface area contributed by atoms with Crippen LogP contribution >= 0.6 is 47.8 Å². The summed E-state index contributed by atoms with van der Waals surface area (Å²) in [7, 11) is 0. The average Bonchev–Trinajstić information content (AvgIpc) is 2.11. The third-order valence-corrected chi connectivity index (χ3v) is 4.10. The van der Waals surface area contributed by atoms with Crippen molar-refractivity contribution in [2.75, 3.05) is 11.5 Å². The van der Waals surface area contributed by atoms with Crippen molar-refractivity contribution in [3.63, 3.8) is 0 Å². The van der Waals surface area contributed by atoms with E-state index in [1.165, 1.54) is 0 Å². The highest BCUT2D eigenvalue weighted by atomic mass is 79.9. The fraction of sp³-hybridized carbons (Fsp3) is 0. The monoisotopic (exact) mass is 386 g/mol. The first-order valence-corrected chi connectivity index (χ1v) is 5.70. The second kappa shape index (κ2) is 4.08. The number of nitrogens with two attached hydrogens (primary N) is 2. The van der Waals surface area contributed by atoms with Gasteiger partial charge in [-0.1, -0.05) is 0 Å². The molecule has 1 aromatic rings. The van der Waals surface area contributed by atoms with Gasteiger partial charge in [-0.25, -0.2) is 4.79 Å². The topological polar surface area (TPSA) is 89.3 Å². The summed E-state index contributed by atoms with van der Waals surface area (Å²) in [5.41, 5.74) is 11.8. The molecular weight excluding hydrogens is 384 g/mol. The van der Waals surface area contributed by atoms with Crippen molar-refractivity contribution in [1.82, 2.24) is 0 Å². The van der Waals surface area contributed by atoms with Crippen LogP contribution in [0, 0.1) is 0 Å². The van der Waals surface area contributed by atoms with Crippen LogP contribution in [0.3, 0.4) is 0 Å². The summed E-state index contributed by atoms with van der Waals surface area (Å²) < 4.78 is 1.08. The first-order chi connectivity index (χ1) is 6.37. The SMILES string of the molecule is Nc1c(Br)c(N)c(Br)c(C(=O)O)c1Br. The minimum Gasteiger partial charge on any atom is -0.478 e. The van der Waals surface area contributed by atoms with Crippen LogP contribution in [0.1, 0.15) is 10.4 Å². The summed E-state index contributed by atoms with van der Waals surface area (Å²) >= 11 is 9.35. The van der Waals surface area contributed by atoms with Crippen molar-refractivity contribution >= 4 is 65.1 Å². The number of rotatable bonds is 1. The number of hydrogen-bond acceptors (Lipinski definition) is 3. The van der Waals surface area contributed by atoms with E-state index >= 15 is 0 Å². The Morgan fingerprint density at radius 3 is 1.64 bits per heavy atom. The van der Waals surface area contributed by atoms with Gasteiger partial charge in [-0.2, -0.15) is 0 Å². The van der Waals surface area contributed by atoms with Gasteiger partial charge in [0.2, 0.25) is 0 Å². The molecule has 0 heterocycles. The van der Waals surface area contributed by atoms with E-state index in [4.69, 9.17) is 16.6 Å². The maximum absolute atomic E-state index is 10.9. The van der Waals surface area contributed by atoms with Gasteiger partial charge in [0.15, 0.2) is 0 Å². The Hall–Kier alpha value is -0.270. The fourth-order valence-corrected chi connectivity index (χ4v) is 3.22. The van der Waals surface area contributed by atoms with E-state index in [2.05, 4.69) is 47.8 Å². The van der Waals surface area contributed by atoms with E-state index < -0.39 is 5.97 Å². The van der Waals surface area contributed by atoms with Crippen LogP contribution in [-0.2, 0) is 0 Å². The number of aromatic carboxylic acids is 1. The normalized spacial score (nSPS) is 10.2. The van der Waals surface area contributed by atoms with Crippen molar-refractivity contribution in [2.45, 2.75) is 0 Å². The summed E-state index contributed by atoms with van der Waals surface area (Å²) in [6, 6.07) is 0. The van der Waals surface area contributed by atoms with Crippen LogP contribution in [0.4, 0.5) is 11.4 Å². The van der Waals surface area contributed by atoms with E-state index in [0.717, 1.165) is 0 Å². The summed E-state index contributed by atoms with van der Waals surface area (Å²) in [5.74, 6) is -1.10. The molecule has 14 heavy (non-hydrogen) atoms. The third-order valence-electron chi connectivity index (χ3n) is 1.60. The molecule has 0 atom stereocenters. The minimum absolute atomic E-state index is 0.0169. The Kier molecular flexibility index (Phi) is 3.44. The number of halogens is 3. The zero-order valence-electron chi connectivity index (χ0n) is 6.64. The molecule has 0 amide bonds. The molecule has 76 valence electrons. The number of nitrogen functional groups attached to an aromatic ring is 2. The molecule has 0 aliphatic carbocycles. The fourth-order valence-electron chi connectivity index (χ4n) is 0.891. The van der Waals surface area contributed by atoms with Crippen molar-refractivity contribution in [3.8, 4) is 0 Å². The Morgan fingerprint density at radius 1 is 1.00 bits per heavy atom. The van der Waals surface area contributed by atoms with Crippen molar-refractivity contribution in [3.05, 3.63) is 19.0 Å². The molecular formula is C7H5Br3N2O2. The number of carboxylic acids is 1. The molecule has 0 spiro atoms. The second-order valence-corrected chi connectivity index (χ2v) is 4.83. The molecule has 0 saturated heterocycles. The average molecular weight is 389 g/mol. The number of carbonyl (C=O) groups is 1. The van der Waals surface area contributed by atoms with Gasteiger partial charge in [-0.05, 0) is 47.8 Å². The molecule has 0 aliphatic heterocycles. The predicted octanol–water partition coefficient (Wildman–Crippen LogP) is 2.84. The summed E-state index contributed by atoms with van der Waals surface area (Å²) in [5, 5.41) is 8.90. The zero-order valence-corrected chi connectivity index (χ0v) is 11.4. The molecule has 0 radical (unpaired) electrons. The lowest BCUT2D eigenvalue weighted by Crippen LogP contribution is -2.06. The maximum atomic E-state index is 10.9. The first-order valence-electron chi connectivity index (χ1n) is 3.32. The molecule has 0 bridgehead atoms. The molecule has 1 rings (SSSR count). The van der Waals surface area contributed by atoms with Gasteiger partial charge in [-0.15, -0.1) is 0 Å². The Balaban J connectivity index is 3.68. The Bertz CT molecular complexity index is 391. The Labute approximate surface area is 105 Å². The first kappa shape index (κ1) is 11.8. The number of benzene rings is 1. The van der Waals surface area contributed by atoms with Gasteiger partial charge in [0.05, 0.1) is 30.4 Å². The quantitative estimate of drug-likeness (QED) is 0.645. The molecule has 0 unspecified atom stereocenters. The largest absolute Gasteiger partial charge is 0.478 e. The third kappa shape index (κ3) is 1.76. The molecule has 0 fully saturated rings. The zero-order chi connectivity index (χ0) is 11.0. The van der Waals surface area contributed by atoms with Crippen LogP contribution < -0.4 is 11.5 Å². The van der Waals surface area contributed by atoms with E-state index in [9.17, 15) is 4.79 Å². The van der Waals surface area contributed by atoms with E-state index in [-0.39, 0.29) is 16.9 Å².